The minimum absolute atomic E-state index is 0.116. The average Bonchev–Trinajstić information content (AvgIpc) is 2.15. The molecule has 0 spiro atoms. The van der Waals surface area contributed by atoms with Crippen molar-refractivity contribution in [2.45, 2.75) is 25.6 Å². The van der Waals surface area contributed by atoms with Crippen molar-refractivity contribution in [3.8, 4) is 0 Å². The molecule has 0 heterocycles. The lowest BCUT2D eigenvalue weighted by Gasteiger charge is -2.14. The molecular weight excluding hydrogens is 193 g/mol. The standard InChI is InChI=1S/C10H11F3O/c1-2-7-3-5-8(6-4-7)9(14)10(11,12)13/h3-6,9,14H,2H2,1H3. The van der Waals surface area contributed by atoms with Crippen LogP contribution in [0.15, 0.2) is 24.3 Å². The first kappa shape index (κ1) is 11.0. The van der Waals surface area contributed by atoms with Gasteiger partial charge in [-0.1, -0.05) is 31.2 Å². The molecule has 1 aromatic carbocycles. The van der Waals surface area contributed by atoms with Crippen LogP contribution in [0.3, 0.4) is 0 Å². The fraction of sp³-hybridized carbons (Fsp3) is 0.400. The molecule has 1 aromatic rings. The third-order valence-corrected chi connectivity index (χ3v) is 2.01. The van der Waals surface area contributed by atoms with Gasteiger partial charge in [0, 0.05) is 0 Å². The van der Waals surface area contributed by atoms with Crippen LogP contribution in [0.25, 0.3) is 0 Å². The van der Waals surface area contributed by atoms with Crippen molar-refractivity contribution >= 4 is 0 Å². The van der Waals surface area contributed by atoms with Crippen LogP contribution in [0.5, 0.6) is 0 Å². The van der Waals surface area contributed by atoms with Crippen molar-refractivity contribution in [2.24, 2.45) is 0 Å². The molecule has 14 heavy (non-hydrogen) atoms. The number of aryl methyl sites for hydroxylation is 1. The van der Waals surface area contributed by atoms with Crippen LogP contribution >= 0.6 is 0 Å². The normalized spacial score (nSPS) is 14.1. The molecule has 1 atom stereocenters. The second-order valence-corrected chi connectivity index (χ2v) is 3.04. The van der Waals surface area contributed by atoms with E-state index >= 15 is 0 Å². The Morgan fingerprint density at radius 3 is 2.07 bits per heavy atom. The molecule has 0 fully saturated rings. The maximum atomic E-state index is 12.1. The van der Waals surface area contributed by atoms with Crippen molar-refractivity contribution in [2.75, 3.05) is 0 Å². The summed E-state index contributed by atoms with van der Waals surface area (Å²) in [6, 6.07) is 5.78. The number of aliphatic hydroxyl groups excluding tert-OH is 1. The monoisotopic (exact) mass is 204 g/mol. The molecule has 4 heteroatoms. The average molecular weight is 204 g/mol. The van der Waals surface area contributed by atoms with E-state index in [-0.39, 0.29) is 5.56 Å². The molecule has 0 saturated carbocycles. The van der Waals surface area contributed by atoms with Gasteiger partial charge in [-0.3, -0.25) is 0 Å². The number of alkyl halides is 3. The predicted molar refractivity (Wildman–Crippen MR) is 46.8 cm³/mol. The van der Waals surface area contributed by atoms with E-state index in [4.69, 9.17) is 5.11 Å². The molecule has 1 rings (SSSR count). The number of hydrogen-bond donors (Lipinski definition) is 1. The van der Waals surface area contributed by atoms with Crippen LogP contribution in [0, 0.1) is 0 Å². The van der Waals surface area contributed by atoms with E-state index < -0.39 is 12.3 Å². The summed E-state index contributed by atoms with van der Waals surface area (Å²) in [6.45, 7) is 1.91. The van der Waals surface area contributed by atoms with Gasteiger partial charge >= 0.3 is 6.18 Å². The Bertz CT molecular complexity index is 289. The Hall–Kier alpha value is -1.03. The lowest BCUT2D eigenvalue weighted by molar-refractivity contribution is -0.206. The molecule has 0 radical (unpaired) electrons. The van der Waals surface area contributed by atoms with E-state index in [0.717, 1.165) is 12.0 Å². The Morgan fingerprint density at radius 1 is 1.21 bits per heavy atom. The first-order valence-corrected chi connectivity index (χ1v) is 4.28. The summed E-state index contributed by atoms with van der Waals surface area (Å²) in [7, 11) is 0. The quantitative estimate of drug-likeness (QED) is 0.785. The van der Waals surface area contributed by atoms with Gasteiger partial charge in [-0.05, 0) is 17.5 Å². The van der Waals surface area contributed by atoms with Crippen LogP contribution in [-0.4, -0.2) is 11.3 Å². The lowest BCUT2D eigenvalue weighted by Crippen LogP contribution is -2.20. The van der Waals surface area contributed by atoms with Crippen LogP contribution < -0.4 is 0 Å². The van der Waals surface area contributed by atoms with Gasteiger partial charge in [0.05, 0.1) is 0 Å². The van der Waals surface area contributed by atoms with Crippen LogP contribution in [-0.2, 0) is 6.42 Å². The topological polar surface area (TPSA) is 20.2 Å². The number of benzene rings is 1. The van der Waals surface area contributed by atoms with Crippen molar-refractivity contribution in [3.63, 3.8) is 0 Å². The minimum atomic E-state index is -4.59. The Labute approximate surface area is 80.2 Å². The number of halogens is 3. The maximum Gasteiger partial charge on any atom is 0.418 e. The summed E-state index contributed by atoms with van der Waals surface area (Å²) in [5.41, 5.74) is 0.831. The zero-order valence-electron chi connectivity index (χ0n) is 7.67. The van der Waals surface area contributed by atoms with Crippen LogP contribution in [0.1, 0.15) is 24.2 Å². The summed E-state index contributed by atoms with van der Waals surface area (Å²) >= 11 is 0. The summed E-state index contributed by atoms with van der Waals surface area (Å²) in [5, 5.41) is 8.90. The van der Waals surface area contributed by atoms with Crippen molar-refractivity contribution < 1.29 is 18.3 Å². The van der Waals surface area contributed by atoms with E-state index in [9.17, 15) is 13.2 Å². The summed E-state index contributed by atoms with van der Waals surface area (Å²) in [5.74, 6) is 0. The fourth-order valence-electron chi connectivity index (χ4n) is 1.12. The SMILES string of the molecule is CCc1ccc(C(O)C(F)(F)F)cc1. The van der Waals surface area contributed by atoms with Crippen molar-refractivity contribution in [3.05, 3.63) is 35.4 Å². The van der Waals surface area contributed by atoms with Gasteiger partial charge < -0.3 is 5.11 Å². The molecule has 1 N–H and O–H groups in total. The Kier molecular flexibility index (Phi) is 3.16. The van der Waals surface area contributed by atoms with Gasteiger partial charge in [-0.25, -0.2) is 0 Å². The molecular formula is C10H11F3O. The highest BCUT2D eigenvalue weighted by molar-refractivity contribution is 5.24. The van der Waals surface area contributed by atoms with Gasteiger partial charge in [0.2, 0.25) is 0 Å². The molecule has 0 aliphatic carbocycles. The van der Waals surface area contributed by atoms with Crippen LogP contribution in [0.2, 0.25) is 0 Å². The molecule has 78 valence electrons. The number of aliphatic hydroxyl groups is 1. The molecule has 0 amide bonds. The predicted octanol–water partition coefficient (Wildman–Crippen LogP) is 2.84. The van der Waals surface area contributed by atoms with E-state index in [2.05, 4.69) is 0 Å². The van der Waals surface area contributed by atoms with Gasteiger partial charge in [-0.2, -0.15) is 13.2 Å². The molecule has 1 unspecified atom stereocenters. The second-order valence-electron chi connectivity index (χ2n) is 3.04. The number of rotatable bonds is 2. The van der Waals surface area contributed by atoms with E-state index in [0.29, 0.717) is 0 Å². The van der Waals surface area contributed by atoms with Crippen LogP contribution in [0.4, 0.5) is 13.2 Å². The highest BCUT2D eigenvalue weighted by Gasteiger charge is 2.39. The molecule has 0 saturated heterocycles. The van der Waals surface area contributed by atoms with E-state index in [1.165, 1.54) is 12.1 Å². The van der Waals surface area contributed by atoms with Crippen molar-refractivity contribution in [1.29, 1.82) is 0 Å². The zero-order valence-corrected chi connectivity index (χ0v) is 7.67. The Morgan fingerprint density at radius 2 is 1.71 bits per heavy atom. The number of hydrogen-bond acceptors (Lipinski definition) is 1. The van der Waals surface area contributed by atoms with Gasteiger partial charge in [0.1, 0.15) is 0 Å². The first-order valence-electron chi connectivity index (χ1n) is 4.28. The molecule has 0 aliphatic heterocycles. The first-order chi connectivity index (χ1) is 6.45. The van der Waals surface area contributed by atoms with Gasteiger partial charge in [0.25, 0.3) is 0 Å². The molecule has 0 aliphatic rings. The largest absolute Gasteiger partial charge is 0.418 e. The Balaban J connectivity index is 2.87. The van der Waals surface area contributed by atoms with Crippen molar-refractivity contribution in [1.82, 2.24) is 0 Å². The van der Waals surface area contributed by atoms with Gasteiger partial charge in [0.15, 0.2) is 6.10 Å². The fourth-order valence-corrected chi connectivity index (χ4v) is 1.12. The highest BCUT2D eigenvalue weighted by Crippen LogP contribution is 2.32. The minimum Gasteiger partial charge on any atom is -0.379 e. The molecule has 1 nitrogen and oxygen atoms in total. The summed E-state index contributed by atoms with van der Waals surface area (Å²) in [4.78, 5) is 0. The second kappa shape index (κ2) is 4.00. The summed E-state index contributed by atoms with van der Waals surface area (Å²) < 4.78 is 36.2. The lowest BCUT2D eigenvalue weighted by atomic mass is 10.1. The van der Waals surface area contributed by atoms with E-state index in [1.54, 1.807) is 12.1 Å². The summed E-state index contributed by atoms with van der Waals surface area (Å²) in [6.07, 6.45) is -6.20. The van der Waals surface area contributed by atoms with Gasteiger partial charge in [-0.15, -0.1) is 0 Å². The highest BCUT2D eigenvalue weighted by atomic mass is 19.4. The maximum absolute atomic E-state index is 12.1. The van der Waals surface area contributed by atoms with E-state index in [1.807, 2.05) is 6.92 Å². The molecule has 0 bridgehead atoms. The smallest absolute Gasteiger partial charge is 0.379 e. The zero-order chi connectivity index (χ0) is 10.8. The molecule has 0 aromatic heterocycles. The third-order valence-electron chi connectivity index (χ3n) is 2.01. The third kappa shape index (κ3) is 2.48.